The van der Waals surface area contributed by atoms with Crippen LogP contribution in [-0.2, 0) is 10.9 Å². The summed E-state index contributed by atoms with van der Waals surface area (Å²) in [5, 5.41) is 0.677. The van der Waals surface area contributed by atoms with Crippen molar-refractivity contribution < 1.29 is 4.79 Å². The lowest BCUT2D eigenvalue weighted by molar-refractivity contribution is 0.102. The molecule has 1 aromatic carbocycles. The first kappa shape index (κ1) is 12.6. The number of benzene rings is 1. The summed E-state index contributed by atoms with van der Waals surface area (Å²) in [6.45, 7) is 4.28. The molecule has 0 unspecified atom stereocenters. The molecule has 0 heterocycles. The molecular formula is C12H16ClOS+. The van der Waals surface area contributed by atoms with Gasteiger partial charge in [0.05, 0.1) is 0 Å². The second-order valence-corrected chi connectivity index (χ2v) is 6.37. The van der Waals surface area contributed by atoms with E-state index in [0.717, 1.165) is 17.1 Å². The molecule has 0 radical (unpaired) electrons. The van der Waals surface area contributed by atoms with Crippen molar-refractivity contribution in [3.63, 3.8) is 0 Å². The number of carbonyl (C=O) groups is 1. The zero-order valence-electron chi connectivity index (χ0n) is 9.13. The first-order valence-electron chi connectivity index (χ1n) is 5.10. The van der Waals surface area contributed by atoms with Gasteiger partial charge >= 0.3 is 0 Å². The fourth-order valence-electron chi connectivity index (χ4n) is 1.31. The van der Waals surface area contributed by atoms with E-state index in [-0.39, 0.29) is 16.7 Å². The molecule has 0 N–H and O–H groups in total. The topological polar surface area (TPSA) is 17.1 Å². The lowest BCUT2D eigenvalue weighted by Gasteiger charge is -2.03. The molecule has 0 atom stereocenters. The van der Waals surface area contributed by atoms with E-state index in [9.17, 15) is 4.79 Å². The highest BCUT2D eigenvalue weighted by Gasteiger charge is 2.19. The van der Waals surface area contributed by atoms with Crippen LogP contribution in [0.4, 0.5) is 0 Å². The Morgan fingerprint density at radius 1 is 1.20 bits per heavy atom. The first-order chi connectivity index (χ1) is 7.17. The number of hydrogen-bond donors (Lipinski definition) is 0. The molecule has 1 rings (SSSR count). The van der Waals surface area contributed by atoms with Gasteiger partial charge in [-0.25, -0.2) is 0 Å². The van der Waals surface area contributed by atoms with Gasteiger partial charge in [-0.1, -0.05) is 11.6 Å². The molecule has 1 nitrogen and oxygen atoms in total. The Bertz CT molecular complexity index is 317. The Morgan fingerprint density at radius 3 is 2.20 bits per heavy atom. The summed E-state index contributed by atoms with van der Waals surface area (Å²) in [4.78, 5) is 11.8. The molecule has 82 valence electrons. The molecule has 0 bridgehead atoms. The van der Waals surface area contributed by atoms with Gasteiger partial charge in [0, 0.05) is 10.6 Å². The van der Waals surface area contributed by atoms with Gasteiger partial charge in [-0.05, 0) is 49.0 Å². The molecule has 0 saturated carbocycles. The Balaban J connectivity index is 2.64. The minimum Gasteiger partial charge on any atom is -0.289 e. The maximum atomic E-state index is 11.8. The van der Waals surface area contributed by atoms with E-state index < -0.39 is 0 Å². The number of halogens is 1. The maximum Gasteiger partial charge on any atom is 0.211 e. The second kappa shape index (κ2) is 6.19. The summed E-state index contributed by atoms with van der Waals surface area (Å²) in [5.74, 6) is 3.10. The zero-order chi connectivity index (χ0) is 11.3. The molecular weight excluding hydrogens is 228 g/mol. The third-order valence-electron chi connectivity index (χ3n) is 2.32. The molecule has 0 spiro atoms. The van der Waals surface area contributed by atoms with Crippen molar-refractivity contribution in [1.29, 1.82) is 0 Å². The first-order valence-corrected chi connectivity index (χ1v) is 7.21. The highest BCUT2D eigenvalue weighted by molar-refractivity contribution is 7.97. The predicted octanol–water partition coefficient (Wildman–Crippen LogP) is 3.18. The Hall–Kier alpha value is -0.470. The number of ketones is 1. The SMILES string of the molecule is CC[S+](CC)CC(=O)c1ccc(Cl)cc1. The second-order valence-electron chi connectivity index (χ2n) is 3.26. The van der Waals surface area contributed by atoms with Crippen LogP contribution in [0.1, 0.15) is 24.2 Å². The van der Waals surface area contributed by atoms with Gasteiger partial charge < -0.3 is 0 Å². The summed E-state index contributed by atoms with van der Waals surface area (Å²) in [7, 11) is 0.243. The molecule has 0 saturated heterocycles. The molecule has 3 heteroatoms. The van der Waals surface area contributed by atoms with E-state index in [0.29, 0.717) is 10.8 Å². The van der Waals surface area contributed by atoms with E-state index in [2.05, 4.69) is 13.8 Å². The molecule has 0 aliphatic carbocycles. The fraction of sp³-hybridized carbons (Fsp3) is 0.417. The largest absolute Gasteiger partial charge is 0.289 e. The molecule has 15 heavy (non-hydrogen) atoms. The minimum absolute atomic E-state index is 0.235. The number of Topliss-reactive ketones (excluding diaryl/α,β-unsaturated/α-hetero) is 1. The van der Waals surface area contributed by atoms with Crippen LogP contribution in [0.3, 0.4) is 0 Å². The van der Waals surface area contributed by atoms with Crippen molar-refractivity contribution in [1.82, 2.24) is 0 Å². The van der Waals surface area contributed by atoms with Crippen LogP contribution in [0.25, 0.3) is 0 Å². The van der Waals surface area contributed by atoms with Crippen LogP contribution < -0.4 is 0 Å². The van der Waals surface area contributed by atoms with Crippen molar-refractivity contribution in [2.24, 2.45) is 0 Å². The summed E-state index contributed by atoms with van der Waals surface area (Å²) < 4.78 is 0. The molecule has 0 fully saturated rings. The molecule has 1 aromatic rings. The smallest absolute Gasteiger partial charge is 0.211 e. The van der Waals surface area contributed by atoms with Crippen LogP contribution in [-0.4, -0.2) is 23.0 Å². The molecule has 0 aliphatic heterocycles. The molecule has 0 aromatic heterocycles. The van der Waals surface area contributed by atoms with E-state index in [1.807, 2.05) is 0 Å². The van der Waals surface area contributed by atoms with Crippen LogP contribution in [0.5, 0.6) is 0 Å². The van der Waals surface area contributed by atoms with Crippen LogP contribution in [0.15, 0.2) is 24.3 Å². The van der Waals surface area contributed by atoms with Gasteiger partial charge in [-0.3, -0.25) is 4.79 Å². The van der Waals surface area contributed by atoms with Gasteiger partial charge in [0.25, 0.3) is 0 Å². The van der Waals surface area contributed by atoms with Gasteiger partial charge in [0.15, 0.2) is 5.75 Å². The normalized spacial score (nSPS) is 10.7. The average molecular weight is 244 g/mol. The van der Waals surface area contributed by atoms with E-state index >= 15 is 0 Å². The maximum absolute atomic E-state index is 11.8. The lowest BCUT2D eigenvalue weighted by atomic mass is 10.1. The minimum atomic E-state index is 0.235. The summed E-state index contributed by atoms with van der Waals surface area (Å²) in [6.07, 6.45) is 0. The van der Waals surface area contributed by atoms with Gasteiger partial charge in [-0.2, -0.15) is 0 Å². The number of rotatable bonds is 5. The zero-order valence-corrected chi connectivity index (χ0v) is 10.7. The lowest BCUT2D eigenvalue weighted by Crippen LogP contribution is -2.20. The Kier molecular flexibility index (Phi) is 5.20. The third-order valence-corrected chi connectivity index (χ3v) is 4.87. The van der Waals surface area contributed by atoms with Crippen LogP contribution >= 0.6 is 11.6 Å². The molecule has 0 aliphatic rings. The highest BCUT2D eigenvalue weighted by atomic mass is 35.5. The Morgan fingerprint density at radius 2 is 1.73 bits per heavy atom. The van der Waals surface area contributed by atoms with Crippen molar-refractivity contribution in [2.45, 2.75) is 13.8 Å². The molecule has 0 amide bonds. The van der Waals surface area contributed by atoms with Gasteiger partial charge in [-0.15, -0.1) is 0 Å². The van der Waals surface area contributed by atoms with Crippen molar-refractivity contribution in [3.05, 3.63) is 34.9 Å². The highest BCUT2D eigenvalue weighted by Crippen LogP contribution is 2.11. The van der Waals surface area contributed by atoms with Crippen molar-refractivity contribution in [2.75, 3.05) is 17.3 Å². The summed E-state index contributed by atoms with van der Waals surface area (Å²) in [6, 6.07) is 7.14. The summed E-state index contributed by atoms with van der Waals surface area (Å²) in [5.41, 5.74) is 0.777. The quantitative estimate of drug-likeness (QED) is 0.574. The summed E-state index contributed by atoms with van der Waals surface area (Å²) >= 11 is 5.77. The fourth-order valence-corrected chi connectivity index (χ4v) is 2.79. The van der Waals surface area contributed by atoms with Crippen LogP contribution in [0.2, 0.25) is 5.02 Å². The van der Waals surface area contributed by atoms with E-state index in [4.69, 9.17) is 11.6 Å². The predicted molar refractivity (Wildman–Crippen MR) is 69.1 cm³/mol. The monoisotopic (exact) mass is 243 g/mol. The van der Waals surface area contributed by atoms with Crippen molar-refractivity contribution in [3.8, 4) is 0 Å². The van der Waals surface area contributed by atoms with Gasteiger partial charge in [0.1, 0.15) is 11.5 Å². The van der Waals surface area contributed by atoms with Crippen LogP contribution in [0, 0.1) is 0 Å². The third kappa shape index (κ3) is 3.88. The standard InChI is InChI=1S/C12H16ClOS/c1-3-15(4-2)9-12(14)10-5-7-11(13)8-6-10/h5-8H,3-4,9H2,1-2H3/q+1. The van der Waals surface area contributed by atoms with Gasteiger partial charge in [0.2, 0.25) is 5.78 Å². The van der Waals surface area contributed by atoms with E-state index in [1.54, 1.807) is 24.3 Å². The number of hydrogen-bond acceptors (Lipinski definition) is 1. The van der Waals surface area contributed by atoms with Crippen molar-refractivity contribution >= 4 is 28.3 Å². The number of carbonyl (C=O) groups excluding carboxylic acids is 1. The average Bonchev–Trinajstić information content (AvgIpc) is 2.26. The van der Waals surface area contributed by atoms with E-state index in [1.165, 1.54) is 0 Å². The Labute approximate surface area is 99.2 Å².